The number of nitrogens with zero attached hydrogens (tertiary/aromatic N) is 2. The normalized spacial score (nSPS) is 25.9. The topological polar surface area (TPSA) is 133 Å². The first kappa shape index (κ1) is 38.9. The van der Waals surface area contributed by atoms with Gasteiger partial charge in [-0.3, -0.25) is 9.59 Å². The lowest BCUT2D eigenvalue weighted by Gasteiger charge is -2.64. The molecule has 3 saturated carbocycles. The number of hydrogen-bond donors (Lipinski definition) is 1. The van der Waals surface area contributed by atoms with Crippen LogP contribution in [-0.4, -0.2) is 103 Å². The zero-order valence-corrected chi connectivity index (χ0v) is 32.6. The van der Waals surface area contributed by atoms with E-state index in [-0.39, 0.29) is 49.7 Å². The lowest BCUT2D eigenvalue weighted by Crippen LogP contribution is -2.65. The summed E-state index contributed by atoms with van der Waals surface area (Å²) in [6.45, 7) is 19.9. The highest BCUT2D eigenvalue weighted by atomic mass is 16.7. The molecular weight excluding hydrogens is 653 g/mol. The number of aryl methyl sites for hydroxylation is 1. The maximum Gasteiger partial charge on any atom is 0.457 e. The van der Waals surface area contributed by atoms with Crippen LogP contribution in [0.4, 0.5) is 4.79 Å². The largest absolute Gasteiger partial charge is 0.486 e. The summed E-state index contributed by atoms with van der Waals surface area (Å²) in [5.41, 5.74) is 0.600. The van der Waals surface area contributed by atoms with Crippen molar-refractivity contribution in [2.75, 3.05) is 27.2 Å². The number of carbonyl (C=O) groups is 4. The minimum Gasteiger partial charge on any atom is -0.486 e. The van der Waals surface area contributed by atoms with Gasteiger partial charge in [0.25, 0.3) is 0 Å². The molecule has 2 saturated heterocycles. The molecule has 3 amide bonds. The Morgan fingerprint density at radius 2 is 1.67 bits per heavy atom. The molecule has 13 heteroatoms. The monoisotopic (exact) mass is 711 g/mol. The van der Waals surface area contributed by atoms with Crippen LogP contribution in [0, 0.1) is 24.2 Å². The molecule has 0 unspecified atom stereocenters. The van der Waals surface area contributed by atoms with Gasteiger partial charge < -0.3 is 38.6 Å². The van der Waals surface area contributed by atoms with Gasteiger partial charge in [0, 0.05) is 14.1 Å². The van der Waals surface area contributed by atoms with Crippen molar-refractivity contribution in [2.24, 2.45) is 17.3 Å². The maximum absolute atomic E-state index is 13.6. The van der Waals surface area contributed by atoms with Gasteiger partial charge in [-0.15, -0.1) is 0 Å². The lowest BCUT2D eigenvalue weighted by molar-refractivity contribution is -0.199. The molecule has 2 aliphatic heterocycles. The van der Waals surface area contributed by atoms with Gasteiger partial charge in [0.15, 0.2) is 0 Å². The summed E-state index contributed by atoms with van der Waals surface area (Å²) in [6.07, 6.45) is 2.24. The first-order valence-corrected chi connectivity index (χ1v) is 18.3. The standard InChI is InChI=1S/C38H58BN3O9/c1-22-23(15-16-39-50-29-18-24-17-28(37(24,8)9)38(29,10)51-39)13-14-27(31(22)33(45)48-35(2,3)4)47-25-20-42(21-25)32(44)26(19-30(43)41(11)12)40-34(46)49-36(5,6)7/h13-14,24-26,28-29H,15-21H2,1-12H3,(H,40,46)/t24-,26+,28-,29+,38-/m0/s1. The number of alkyl carbamates (subject to hydrolysis) is 1. The van der Waals surface area contributed by atoms with Crippen LogP contribution in [0.25, 0.3) is 0 Å². The Labute approximate surface area is 303 Å². The summed E-state index contributed by atoms with van der Waals surface area (Å²) in [6, 6.07) is 2.66. The molecule has 5 atom stereocenters. The van der Waals surface area contributed by atoms with Crippen molar-refractivity contribution in [3.63, 3.8) is 0 Å². The fraction of sp³-hybridized carbons (Fsp3) is 0.737. The van der Waals surface area contributed by atoms with E-state index in [0.29, 0.717) is 35.9 Å². The average molecular weight is 712 g/mol. The Balaban J connectivity index is 1.26. The van der Waals surface area contributed by atoms with Gasteiger partial charge in [0.05, 0.1) is 31.2 Å². The highest BCUT2D eigenvalue weighted by Gasteiger charge is 2.67. The molecule has 2 bridgehead atoms. The zero-order chi connectivity index (χ0) is 37.8. The van der Waals surface area contributed by atoms with Crippen LogP contribution in [0.1, 0.15) is 103 Å². The number of amides is 3. The van der Waals surface area contributed by atoms with E-state index in [0.717, 1.165) is 17.5 Å². The third kappa shape index (κ3) is 8.35. The third-order valence-corrected chi connectivity index (χ3v) is 11.1. The van der Waals surface area contributed by atoms with Crippen molar-refractivity contribution in [1.29, 1.82) is 0 Å². The quantitative estimate of drug-likeness (QED) is 0.258. The van der Waals surface area contributed by atoms with Crippen molar-refractivity contribution < 1.29 is 42.7 Å². The molecule has 1 aromatic rings. The van der Waals surface area contributed by atoms with E-state index in [1.165, 1.54) is 16.2 Å². The molecule has 0 aromatic heterocycles. The number of likely N-dealkylation sites (tertiary alicyclic amines) is 1. The Morgan fingerprint density at radius 1 is 1.02 bits per heavy atom. The van der Waals surface area contributed by atoms with E-state index in [9.17, 15) is 19.2 Å². The van der Waals surface area contributed by atoms with Crippen molar-refractivity contribution in [3.8, 4) is 5.75 Å². The first-order valence-electron chi connectivity index (χ1n) is 18.3. The number of nitrogens with one attached hydrogen (secondary N) is 1. The van der Waals surface area contributed by atoms with Crippen LogP contribution in [-0.2, 0) is 34.8 Å². The molecule has 0 spiro atoms. The Hall–Kier alpha value is -3.32. The molecule has 5 fully saturated rings. The van der Waals surface area contributed by atoms with Crippen LogP contribution in [0.3, 0.4) is 0 Å². The number of carbonyl (C=O) groups excluding carboxylic acids is 4. The molecule has 2 heterocycles. The Bertz CT molecular complexity index is 1530. The average Bonchev–Trinajstić information content (AvgIpc) is 3.31. The van der Waals surface area contributed by atoms with Crippen molar-refractivity contribution >= 4 is 31.0 Å². The smallest absolute Gasteiger partial charge is 0.457 e. The molecule has 51 heavy (non-hydrogen) atoms. The number of benzene rings is 1. The lowest BCUT2D eigenvalue weighted by atomic mass is 9.43. The maximum atomic E-state index is 13.6. The molecule has 0 radical (unpaired) electrons. The van der Waals surface area contributed by atoms with Gasteiger partial charge in [-0.2, -0.15) is 0 Å². The second-order valence-electron chi connectivity index (χ2n) is 17.8. The van der Waals surface area contributed by atoms with Gasteiger partial charge in [0.2, 0.25) is 11.8 Å². The van der Waals surface area contributed by atoms with Gasteiger partial charge >= 0.3 is 19.2 Å². The van der Waals surface area contributed by atoms with E-state index >= 15 is 0 Å². The zero-order valence-electron chi connectivity index (χ0n) is 32.6. The van der Waals surface area contributed by atoms with Gasteiger partial charge in [-0.1, -0.05) is 19.9 Å². The fourth-order valence-corrected chi connectivity index (χ4v) is 8.13. The van der Waals surface area contributed by atoms with Crippen LogP contribution >= 0.6 is 0 Å². The number of ether oxygens (including phenoxy) is 3. The fourth-order valence-electron chi connectivity index (χ4n) is 8.13. The number of esters is 1. The minimum atomic E-state index is -1.11. The molecule has 282 valence electrons. The summed E-state index contributed by atoms with van der Waals surface area (Å²) in [4.78, 5) is 55.1. The van der Waals surface area contributed by atoms with Gasteiger partial charge in [-0.25, -0.2) is 9.59 Å². The van der Waals surface area contributed by atoms with E-state index in [2.05, 4.69) is 26.1 Å². The summed E-state index contributed by atoms with van der Waals surface area (Å²) in [7, 11) is 2.87. The Morgan fingerprint density at radius 3 is 2.25 bits per heavy atom. The summed E-state index contributed by atoms with van der Waals surface area (Å²) in [5.74, 6) is 0.332. The third-order valence-electron chi connectivity index (χ3n) is 11.1. The summed E-state index contributed by atoms with van der Waals surface area (Å²) < 4.78 is 30.6. The predicted molar refractivity (Wildman–Crippen MR) is 192 cm³/mol. The van der Waals surface area contributed by atoms with Crippen molar-refractivity contribution in [3.05, 3.63) is 28.8 Å². The number of rotatable bonds is 10. The highest BCUT2D eigenvalue weighted by molar-refractivity contribution is 6.45. The molecule has 1 aromatic carbocycles. The minimum absolute atomic E-state index is 0.110. The first-order chi connectivity index (χ1) is 23.5. The highest BCUT2D eigenvalue weighted by Crippen LogP contribution is 2.65. The second kappa shape index (κ2) is 13.9. The van der Waals surface area contributed by atoms with Gasteiger partial charge in [-0.05, 0) is 115 Å². The molecule has 12 nitrogen and oxygen atoms in total. The molecule has 6 rings (SSSR count). The van der Waals surface area contributed by atoms with Crippen LogP contribution in [0.15, 0.2) is 12.1 Å². The molecule has 5 aliphatic rings. The molecule has 1 N–H and O–H groups in total. The second-order valence-corrected chi connectivity index (χ2v) is 17.8. The summed E-state index contributed by atoms with van der Waals surface area (Å²) in [5, 5.41) is 2.57. The van der Waals surface area contributed by atoms with Crippen molar-refractivity contribution in [1.82, 2.24) is 15.1 Å². The Kier molecular flexibility index (Phi) is 10.6. The van der Waals surface area contributed by atoms with Crippen LogP contribution < -0.4 is 10.1 Å². The van der Waals surface area contributed by atoms with Crippen LogP contribution in [0.2, 0.25) is 6.32 Å². The van der Waals surface area contributed by atoms with Crippen LogP contribution in [0.5, 0.6) is 5.75 Å². The molecule has 3 aliphatic carbocycles. The predicted octanol–water partition coefficient (Wildman–Crippen LogP) is 5.18. The van der Waals surface area contributed by atoms with E-state index in [4.69, 9.17) is 23.5 Å². The van der Waals surface area contributed by atoms with E-state index < -0.39 is 41.3 Å². The van der Waals surface area contributed by atoms with Gasteiger partial charge in [0.1, 0.15) is 34.7 Å². The molecular formula is C38H58BN3O9. The summed E-state index contributed by atoms with van der Waals surface area (Å²) >= 11 is 0. The van der Waals surface area contributed by atoms with E-state index in [1.807, 2.05) is 33.8 Å². The number of hydrogen-bond acceptors (Lipinski definition) is 9. The van der Waals surface area contributed by atoms with E-state index in [1.54, 1.807) is 40.9 Å². The van der Waals surface area contributed by atoms with Crippen molar-refractivity contribution in [2.45, 2.75) is 136 Å². The SMILES string of the molecule is Cc1c(CCB2O[C@@H]3C[C@@H]4C[C@@H](C4(C)C)[C@]3(C)O2)ccc(OC2CN(C(=O)[C@@H](CC(=O)N(C)C)NC(=O)OC(C)(C)C)C2)c1C(=O)OC(C)(C)C.